The van der Waals surface area contributed by atoms with Crippen LogP contribution in [-0.4, -0.2) is 45.5 Å². The molecule has 2 aromatic carbocycles. The second-order valence-corrected chi connectivity index (χ2v) is 7.42. The van der Waals surface area contributed by atoms with Crippen LogP contribution < -0.4 is 10.2 Å². The van der Waals surface area contributed by atoms with Gasteiger partial charge in [0, 0.05) is 38.6 Å². The minimum atomic E-state index is 0.943. The van der Waals surface area contributed by atoms with Crippen LogP contribution in [0, 0.1) is 0 Å². The van der Waals surface area contributed by atoms with Crippen molar-refractivity contribution in [3.63, 3.8) is 0 Å². The average Bonchev–Trinajstić information content (AvgIpc) is 2.95. The van der Waals surface area contributed by atoms with Gasteiger partial charge in [-0.2, -0.15) is 0 Å². The Balaban J connectivity index is 2.16. The van der Waals surface area contributed by atoms with E-state index in [9.17, 15) is 0 Å². The van der Waals surface area contributed by atoms with E-state index in [1.54, 1.807) is 0 Å². The lowest BCUT2D eigenvalue weighted by atomic mass is 9.92. The summed E-state index contributed by atoms with van der Waals surface area (Å²) in [6.45, 7) is 0. The molecule has 0 aliphatic heterocycles. The maximum Gasteiger partial charge on any atom is 0.179 e. The Labute approximate surface area is 169 Å². The van der Waals surface area contributed by atoms with Gasteiger partial charge in [0.15, 0.2) is 5.71 Å². The highest BCUT2D eigenvalue weighted by molar-refractivity contribution is 5.95. The van der Waals surface area contributed by atoms with Crippen molar-refractivity contribution in [2.24, 2.45) is 0 Å². The number of nitrogens with zero attached hydrogens (tertiary/aromatic N) is 2. The van der Waals surface area contributed by atoms with Gasteiger partial charge in [0.05, 0.1) is 6.42 Å². The Bertz CT molecular complexity index is 936. The van der Waals surface area contributed by atoms with E-state index in [2.05, 4.69) is 116 Å². The quantitative estimate of drug-likeness (QED) is 0.775. The first kappa shape index (κ1) is 19.7. The third-order valence-electron chi connectivity index (χ3n) is 5.08. The largest absolute Gasteiger partial charge is 0.388 e. The van der Waals surface area contributed by atoms with Crippen LogP contribution >= 0.6 is 0 Å². The van der Waals surface area contributed by atoms with Gasteiger partial charge in [-0.05, 0) is 52.6 Å². The van der Waals surface area contributed by atoms with Crippen LogP contribution in [0.25, 0.3) is 5.57 Å². The summed E-state index contributed by atoms with van der Waals surface area (Å²) in [6, 6.07) is 17.4. The number of allylic oxidation sites excluding steroid dienone is 5. The second-order valence-electron chi connectivity index (χ2n) is 7.42. The first-order chi connectivity index (χ1) is 13.5. The molecule has 1 aliphatic carbocycles. The second kappa shape index (κ2) is 8.75. The van der Waals surface area contributed by atoms with Crippen LogP contribution in [0.15, 0.2) is 78.4 Å². The SMILES string of the molecule is CNc1ccc(C(=C2C=CCC(=[N+](C)C)C=C2)c2ccc(N(C)C)cc2)cc1. The number of rotatable bonds is 4. The molecular weight excluding hydrogens is 342 g/mol. The molecule has 0 unspecified atom stereocenters. The third kappa shape index (κ3) is 4.42. The maximum atomic E-state index is 3.20. The molecule has 0 heterocycles. The Morgan fingerprint density at radius 1 is 0.857 bits per heavy atom. The van der Waals surface area contributed by atoms with Gasteiger partial charge in [0.25, 0.3) is 0 Å². The zero-order chi connectivity index (χ0) is 20.1. The molecule has 0 amide bonds. The fourth-order valence-electron chi connectivity index (χ4n) is 3.34. The molecule has 28 heavy (non-hydrogen) atoms. The third-order valence-corrected chi connectivity index (χ3v) is 5.08. The summed E-state index contributed by atoms with van der Waals surface area (Å²) in [4.78, 5) is 2.13. The van der Waals surface area contributed by atoms with Crippen LogP contribution in [0.4, 0.5) is 11.4 Å². The summed E-state index contributed by atoms with van der Waals surface area (Å²) in [6.07, 6.45) is 9.90. The molecule has 144 valence electrons. The number of benzene rings is 2. The first-order valence-corrected chi connectivity index (χ1v) is 9.67. The van der Waals surface area contributed by atoms with Crippen LogP contribution in [0.2, 0.25) is 0 Å². The Morgan fingerprint density at radius 2 is 1.46 bits per heavy atom. The van der Waals surface area contributed by atoms with Crippen LogP contribution in [0.3, 0.4) is 0 Å². The van der Waals surface area contributed by atoms with Crippen molar-refractivity contribution in [3.05, 3.63) is 89.5 Å². The van der Waals surface area contributed by atoms with Crippen molar-refractivity contribution in [1.29, 1.82) is 0 Å². The minimum Gasteiger partial charge on any atom is -0.388 e. The Hall–Kier alpha value is -3.07. The van der Waals surface area contributed by atoms with E-state index in [1.807, 2.05) is 7.05 Å². The van der Waals surface area contributed by atoms with Crippen molar-refractivity contribution in [1.82, 2.24) is 0 Å². The summed E-state index contributed by atoms with van der Waals surface area (Å²) in [5.74, 6) is 0. The zero-order valence-electron chi connectivity index (χ0n) is 17.5. The first-order valence-electron chi connectivity index (χ1n) is 9.67. The topological polar surface area (TPSA) is 18.3 Å². The molecule has 0 spiro atoms. The molecule has 0 fully saturated rings. The van der Waals surface area contributed by atoms with E-state index in [4.69, 9.17) is 0 Å². The summed E-state index contributed by atoms with van der Waals surface area (Å²) < 4.78 is 2.18. The molecule has 2 aromatic rings. The predicted octanol–water partition coefficient (Wildman–Crippen LogP) is 4.83. The number of anilines is 2. The van der Waals surface area contributed by atoms with E-state index in [1.165, 1.54) is 33.7 Å². The van der Waals surface area contributed by atoms with E-state index in [-0.39, 0.29) is 0 Å². The van der Waals surface area contributed by atoms with Gasteiger partial charge < -0.3 is 10.2 Å². The van der Waals surface area contributed by atoms with Gasteiger partial charge in [-0.15, -0.1) is 0 Å². The standard InChI is InChI=1S/C25H29N3/c1-26-22-14-9-20(10-15-22)25(21-12-17-24(18-13-21)28(4)5)19-7-6-8-23(16-11-19)27(2)3/h6-7,9-18H,8H2,1-5H3/p+1. The lowest BCUT2D eigenvalue weighted by Gasteiger charge is -2.16. The number of nitrogens with one attached hydrogen (secondary N) is 1. The van der Waals surface area contributed by atoms with Gasteiger partial charge in [-0.25, -0.2) is 4.58 Å². The van der Waals surface area contributed by atoms with E-state index in [0.29, 0.717) is 0 Å². The molecule has 0 aromatic heterocycles. The highest BCUT2D eigenvalue weighted by atomic mass is 15.1. The molecule has 1 aliphatic rings. The zero-order valence-corrected chi connectivity index (χ0v) is 17.5. The maximum absolute atomic E-state index is 3.20. The molecule has 0 saturated carbocycles. The van der Waals surface area contributed by atoms with Gasteiger partial charge in [0.1, 0.15) is 14.1 Å². The highest BCUT2D eigenvalue weighted by Crippen LogP contribution is 2.31. The molecule has 3 rings (SSSR count). The highest BCUT2D eigenvalue weighted by Gasteiger charge is 2.13. The van der Waals surface area contributed by atoms with Gasteiger partial charge in [-0.1, -0.05) is 36.4 Å². The number of hydrogen-bond acceptors (Lipinski definition) is 2. The van der Waals surface area contributed by atoms with Crippen LogP contribution in [-0.2, 0) is 0 Å². The van der Waals surface area contributed by atoms with E-state index in [0.717, 1.165) is 12.1 Å². The molecule has 0 saturated heterocycles. The summed E-state index contributed by atoms with van der Waals surface area (Å²) >= 11 is 0. The number of hydrogen-bond donors (Lipinski definition) is 1. The molecule has 3 nitrogen and oxygen atoms in total. The summed E-state index contributed by atoms with van der Waals surface area (Å²) in [7, 11) is 10.3. The molecule has 3 heteroatoms. The van der Waals surface area contributed by atoms with Gasteiger partial charge in [0.2, 0.25) is 0 Å². The minimum absolute atomic E-state index is 0.943. The van der Waals surface area contributed by atoms with Crippen LogP contribution in [0.5, 0.6) is 0 Å². The van der Waals surface area contributed by atoms with Crippen molar-refractivity contribution in [2.75, 3.05) is 45.5 Å². The van der Waals surface area contributed by atoms with Crippen molar-refractivity contribution in [3.8, 4) is 0 Å². The lowest BCUT2D eigenvalue weighted by molar-refractivity contribution is -0.464. The fraction of sp³-hybridized carbons (Fsp3) is 0.240. The van der Waals surface area contributed by atoms with Crippen LogP contribution in [0.1, 0.15) is 17.5 Å². The van der Waals surface area contributed by atoms with E-state index >= 15 is 0 Å². The summed E-state index contributed by atoms with van der Waals surface area (Å²) in [5.41, 5.74) is 8.54. The van der Waals surface area contributed by atoms with Crippen molar-refractivity contribution < 1.29 is 4.58 Å². The van der Waals surface area contributed by atoms with Crippen molar-refractivity contribution >= 4 is 22.7 Å². The molecule has 0 radical (unpaired) electrons. The summed E-state index contributed by atoms with van der Waals surface area (Å²) in [5, 5.41) is 3.20. The van der Waals surface area contributed by atoms with Crippen molar-refractivity contribution in [2.45, 2.75) is 6.42 Å². The van der Waals surface area contributed by atoms with Gasteiger partial charge in [-0.3, -0.25) is 0 Å². The molecule has 1 N–H and O–H groups in total. The lowest BCUT2D eigenvalue weighted by Crippen LogP contribution is -2.09. The van der Waals surface area contributed by atoms with Gasteiger partial charge >= 0.3 is 0 Å². The Kier molecular flexibility index (Phi) is 6.15. The normalized spacial score (nSPS) is 15.2. The monoisotopic (exact) mass is 372 g/mol. The fourth-order valence-corrected chi connectivity index (χ4v) is 3.34. The predicted molar refractivity (Wildman–Crippen MR) is 123 cm³/mol. The average molecular weight is 373 g/mol. The molecular formula is C25H30N3+. The molecule has 0 bridgehead atoms. The Morgan fingerprint density at radius 3 is 2.00 bits per heavy atom. The smallest absolute Gasteiger partial charge is 0.179 e. The molecule has 0 atom stereocenters. The van der Waals surface area contributed by atoms with E-state index < -0.39 is 0 Å².